The van der Waals surface area contributed by atoms with Crippen molar-refractivity contribution in [1.82, 2.24) is 15.1 Å². The van der Waals surface area contributed by atoms with Crippen molar-refractivity contribution in [3.05, 3.63) is 35.8 Å². The van der Waals surface area contributed by atoms with Crippen LogP contribution in [0.4, 0.5) is 5.82 Å². The molecule has 1 unspecified atom stereocenters. The summed E-state index contributed by atoms with van der Waals surface area (Å²) in [6, 6.07) is 4.06. The van der Waals surface area contributed by atoms with Crippen molar-refractivity contribution in [3.8, 4) is 0 Å². The van der Waals surface area contributed by atoms with Crippen LogP contribution in [0.2, 0.25) is 0 Å². The second-order valence-corrected chi connectivity index (χ2v) is 6.40. The summed E-state index contributed by atoms with van der Waals surface area (Å²) in [6.45, 7) is 7.01. The van der Waals surface area contributed by atoms with E-state index in [9.17, 15) is 0 Å². The van der Waals surface area contributed by atoms with E-state index in [0.717, 1.165) is 47.8 Å². The van der Waals surface area contributed by atoms with Crippen molar-refractivity contribution in [2.24, 2.45) is 0 Å². The first kappa shape index (κ1) is 14.2. The van der Waals surface area contributed by atoms with Crippen LogP contribution in [0, 0.1) is 6.92 Å². The summed E-state index contributed by atoms with van der Waals surface area (Å²) >= 11 is 0. The summed E-state index contributed by atoms with van der Waals surface area (Å²) < 4.78 is 11.1. The Morgan fingerprint density at radius 1 is 1.35 bits per heavy atom. The molecule has 1 fully saturated rings. The van der Waals surface area contributed by atoms with Gasteiger partial charge in [0.15, 0.2) is 5.82 Å². The molecule has 4 heterocycles. The molecule has 3 aromatic rings. The number of fused-ring (bicyclic) bond motifs is 1. The first-order valence-corrected chi connectivity index (χ1v) is 8.09. The highest BCUT2D eigenvalue weighted by Gasteiger charge is 2.32. The van der Waals surface area contributed by atoms with Gasteiger partial charge >= 0.3 is 0 Å². The van der Waals surface area contributed by atoms with Gasteiger partial charge in [0.2, 0.25) is 5.89 Å². The number of aromatic nitrogens is 3. The molecule has 0 saturated carbocycles. The minimum atomic E-state index is 0.111. The highest BCUT2D eigenvalue weighted by molar-refractivity contribution is 5.89. The first-order valence-electron chi connectivity index (χ1n) is 8.09. The maximum absolute atomic E-state index is 5.73. The number of furan rings is 1. The number of pyridine rings is 1. The van der Waals surface area contributed by atoms with Crippen molar-refractivity contribution in [1.29, 1.82) is 0 Å². The van der Waals surface area contributed by atoms with Crippen molar-refractivity contribution in [3.63, 3.8) is 0 Å². The van der Waals surface area contributed by atoms with Crippen LogP contribution in [0.1, 0.15) is 56.1 Å². The van der Waals surface area contributed by atoms with Crippen molar-refractivity contribution in [2.45, 2.75) is 45.6 Å². The van der Waals surface area contributed by atoms with Crippen LogP contribution in [0.5, 0.6) is 0 Å². The number of hydrogen-bond acceptors (Lipinski definition) is 6. The molecule has 1 aliphatic heterocycles. The minimum Gasteiger partial charge on any atom is -0.461 e. The van der Waals surface area contributed by atoms with E-state index in [4.69, 9.17) is 8.94 Å². The quantitative estimate of drug-likeness (QED) is 0.728. The highest BCUT2D eigenvalue weighted by Crippen LogP contribution is 2.38. The third-order valence-electron chi connectivity index (χ3n) is 4.32. The number of aryl methyl sites for hydroxylation is 1. The van der Waals surface area contributed by atoms with Gasteiger partial charge < -0.3 is 13.8 Å². The molecular weight excluding hydrogens is 292 g/mol. The molecule has 0 spiro atoms. The topological polar surface area (TPSA) is 68.2 Å². The van der Waals surface area contributed by atoms with E-state index in [1.54, 1.807) is 6.20 Å². The molecule has 3 aromatic heterocycles. The number of nitrogens with zero attached hydrogens (tertiary/aromatic N) is 4. The summed E-state index contributed by atoms with van der Waals surface area (Å²) in [5, 5.41) is 5.25. The van der Waals surface area contributed by atoms with E-state index in [1.807, 2.05) is 19.1 Å². The largest absolute Gasteiger partial charge is 0.461 e. The molecule has 1 atom stereocenters. The fourth-order valence-electron chi connectivity index (χ4n) is 3.21. The van der Waals surface area contributed by atoms with Crippen LogP contribution >= 0.6 is 0 Å². The van der Waals surface area contributed by atoms with Crippen molar-refractivity contribution < 1.29 is 8.94 Å². The van der Waals surface area contributed by atoms with Gasteiger partial charge in [0.1, 0.15) is 17.2 Å². The lowest BCUT2D eigenvalue weighted by atomic mass is 10.2. The zero-order valence-electron chi connectivity index (χ0n) is 13.6. The Labute approximate surface area is 134 Å². The van der Waals surface area contributed by atoms with E-state index in [-0.39, 0.29) is 12.0 Å². The van der Waals surface area contributed by atoms with Crippen LogP contribution in [0.15, 0.2) is 27.3 Å². The molecule has 0 N–H and O–H groups in total. The molecule has 0 aromatic carbocycles. The fourth-order valence-corrected chi connectivity index (χ4v) is 3.21. The van der Waals surface area contributed by atoms with Gasteiger partial charge in [-0.15, -0.1) is 0 Å². The average Bonchev–Trinajstić information content (AvgIpc) is 3.24. The van der Waals surface area contributed by atoms with Gasteiger partial charge in [-0.25, -0.2) is 4.98 Å². The maximum atomic E-state index is 5.73. The summed E-state index contributed by atoms with van der Waals surface area (Å²) in [5.74, 6) is 3.52. The van der Waals surface area contributed by atoms with E-state index in [2.05, 4.69) is 33.9 Å². The normalized spacial score (nSPS) is 18.4. The first-order chi connectivity index (χ1) is 11.1. The summed E-state index contributed by atoms with van der Waals surface area (Å²) in [6.07, 6.45) is 3.89. The van der Waals surface area contributed by atoms with E-state index < -0.39 is 0 Å². The smallest absolute Gasteiger partial charge is 0.229 e. The number of anilines is 1. The lowest BCUT2D eigenvalue weighted by molar-refractivity contribution is 0.358. The van der Waals surface area contributed by atoms with E-state index in [1.165, 1.54) is 0 Å². The van der Waals surface area contributed by atoms with Gasteiger partial charge in [0.25, 0.3) is 0 Å². The predicted octanol–water partition coefficient (Wildman–Crippen LogP) is 3.98. The Bertz CT molecular complexity index is 836. The SMILES string of the molecule is Cc1cc2c(N3CCCC3c3noc(C(C)C)n3)nccc2o1. The van der Waals surface area contributed by atoms with Gasteiger partial charge in [0.05, 0.1) is 11.4 Å². The number of hydrogen-bond donors (Lipinski definition) is 0. The molecule has 120 valence electrons. The zero-order chi connectivity index (χ0) is 16.0. The van der Waals surface area contributed by atoms with Gasteiger partial charge in [-0.1, -0.05) is 19.0 Å². The van der Waals surface area contributed by atoms with Crippen LogP contribution in [-0.4, -0.2) is 21.7 Å². The molecule has 6 nitrogen and oxygen atoms in total. The Morgan fingerprint density at radius 3 is 3.00 bits per heavy atom. The fraction of sp³-hybridized carbons (Fsp3) is 0.471. The monoisotopic (exact) mass is 312 g/mol. The molecule has 6 heteroatoms. The summed E-state index contributed by atoms with van der Waals surface area (Å²) in [5.41, 5.74) is 0.870. The van der Waals surface area contributed by atoms with Crippen LogP contribution < -0.4 is 4.90 Å². The predicted molar refractivity (Wildman–Crippen MR) is 86.5 cm³/mol. The molecule has 0 bridgehead atoms. The molecule has 4 rings (SSSR count). The van der Waals surface area contributed by atoms with Gasteiger partial charge in [-0.2, -0.15) is 4.98 Å². The molecule has 1 saturated heterocycles. The molecule has 0 aliphatic carbocycles. The average molecular weight is 312 g/mol. The van der Waals surface area contributed by atoms with Crippen molar-refractivity contribution in [2.75, 3.05) is 11.4 Å². The van der Waals surface area contributed by atoms with E-state index in [0.29, 0.717) is 5.89 Å². The molecule has 23 heavy (non-hydrogen) atoms. The summed E-state index contributed by atoms with van der Waals surface area (Å²) in [4.78, 5) is 11.5. The highest BCUT2D eigenvalue weighted by atomic mass is 16.5. The van der Waals surface area contributed by atoms with Crippen LogP contribution in [-0.2, 0) is 0 Å². The molecule has 1 aliphatic rings. The standard InChI is InChI=1S/C17H20N4O2/c1-10(2)17-19-15(20-23-17)13-5-4-8-21(13)16-12-9-11(3)22-14(12)6-7-18-16/h6-7,9-10,13H,4-5,8H2,1-3H3. The van der Waals surface area contributed by atoms with E-state index >= 15 is 0 Å². The molecular formula is C17H20N4O2. The minimum absolute atomic E-state index is 0.111. The molecule has 0 amide bonds. The van der Waals surface area contributed by atoms with Gasteiger partial charge in [0, 0.05) is 18.7 Å². The molecule has 0 radical (unpaired) electrons. The Morgan fingerprint density at radius 2 is 2.22 bits per heavy atom. The van der Waals surface area contributed by atoms with Gasteiger partial charge in [-0.05, 0) is 31.9 Å². The number of rotatable bonds is 3. The maximum Gasteiger partial charge on any atom is 0.229 e. The lowest BCUT2D eigenvalue weighted by Crippen LogP contribution is -2.24. The van der Waals surface area contributed by atoms with Crippen LogP contribution in [0.3, 0.4) is 0 Å². The zero-order valence-corrected chi connectivity index (χ0v) is 13.6. The van der Waals surface area contributed by atoms with Crippen molar-refractivity contribution >= 4 is 16.8 Å². The van der Waals surface area contributed by atoms with Crippen LogP contribution in [0.25, 0.3) is 11.0 Å². The third-order valence-corrected chi connectivity index (χ3v) is 4.32. The Hall–Kier alpha value is -2.37. The third kappa shape index (κ3) is 2.38. The second-order valence-electron chi connectivity index (χ2n) is 6.40. The van der Waals surface area contributed by atoms with Gasteiger partial charge in [-0.3, -0.25) is 0 Å². The summed E-state index contributed by atoms with van der Waals surface area (Å²) in [7, 11) is 0. The Balaban J connectivity index is 1.74. The lowest BCUT2D eigenvalue weighted by Gasteiger charge is -2.23. The Kier molecular flexibility index (Phi) is 3.32. The second kappa shape index (κ2) is 5.37.